The van der Waals surface area contributed by atoms with E-state index in [2.05, 4.69) is 0 Å². The molecule has 110 valence electrons. The van der Waals surface area contributed by atoms with Crippen molar-refractivity contribution in [2.24, 2.45) is 0 Å². The van der Waals surface area contributed by atoms with Crippen molar-refractivity contribution in [1.82, 2.24) is 4.90 Å². The van der Waals surface area contributed by atoms with Gasteiger partial charge in [0, 0.05) is 6.54 Å². The van der Waals surface area contributed by atoms with Gasteiger partial charge in [-0.05, 0) is 37.5 Å². The van der Waals surface area contributed by atoms with Gasteiger partial charge in [0.05, 0.1) is 0 Å². The van der Waals surface area contributed by atoms with Crippen molar-refractivity contribution in [2.75, 3.05) is 19.7 Å². The van der Waals surface area contributed by atoms with Gasteiger partial charge in [0.1, 0.15) is 12.3 Å². The lowest BCUT2D eigenvalue weighted by Crippen LogP contribution is -2.39. The number of rotatable bonds is 7. The molecular weight excluding hydrogens is 258 g/mol. The molecule has 0 aliphatic carbocycles. The van der Waals surface area contributed by atoms with E-state index < -0.39 is 5.97 Å². The zero-order valence-electron chi connectivity index (χ0n) is 12.2. The van der Waals surface area contributed by atoms with Gasteiger partial charge in [-0.15, -0.1) is 0 Å². The number of hydrogen-bond donors (Lipinski definition) is 1. The van der Waals surface area contributed by atoms with Crippen molar-refractivity contribution < 1.29 is 19.4 Å². The van der Waals surface area contributed by atoms with Crippen LogP contribution in [-0.4, -0.2) is 41.6 Å². The second-order valence-corrected chi connectivity index (χ2v) is 4.77. The summed E-state index contributed by atoms with van der Waals surface area (Å²) in [6.45, 7) is 5.73. The lowest BCUT2D eigenvalue weighted by Gasteiger charge is -2.20. The molecule has 0 bridgehead atoms. The predicted molar refractivity (Wildman–Crippen MR) is 75.9 cm³/mol. The Bertz CT molecular complexity index is 485. The maximum atomic E-state index is 12.0. The van der Waals surface area contributed by atoms with E-state index >= 15 is 0 Å². The van der Waals surface area contributed by atoms with Gasteiger partial charge in [-0.2, -0.15) is 0 Å². The fourth-order valence-electron chi connectivity index (χ4n) is 1.82. The predicted octanol–water partition coefficient (Wildman–Crippen LogP) is 2.01. The summed E-state index contributed by atoms with van der Waals surface area (Å²) in [4.78, 5) is 24.0. The van der Waals surface area contributed by atoms with Gasteiger partial charge in [0.15, 0.2) is 6.61 Å². The minimum absolute atomic E-state index is 0.141. The van der Waals surface area contributed by atoms with Gasteiger partial charge in [-0.3, -0.25) is 9.59 Å². The van der Waals surface area contributed by atoms with Crippen LogP contribution in [0.1, 0.15) is 24.5 Å². The van der Waals surface area contributed by atoms with Crippen LogP contribution >= 0.6 is 0 Å². The molecule has 5 heteroatoms. The highest BCUT2D eigenvalue weighted by Crippen LogP contribution is 2.19. The summed E-state index contributed by atoms with van der Waals surface area (Å²) in [5.41, 5.74) is 2.00. The van der Waals surface area contributed by atoms with Crippen molar-refractivity contribution in [1.29, 1.82) is 0 Å². The number of hydrogen-bond acceptors (Lipinski definition) is 3. The van der Waals surface area contributed by atoms with Crippen molar-refractivity contribution in [3.63, 3.8) is 0 Å². The number of aliphatic carboxylic acids is 1. The molecule has 0 atom stereocenters. The molecule has 1 aromatic carbocycles. The molecule has 5 nitrogen and oxygen atoms in total. The molecular formula is C15H21NO4. The first kappa shape index (κ1) is 16.0. The molecule has 0 radical (unpaired) electrons. The number of aryl methyl sites for hydroxylation is 2. The highest BCUT2D eigenvalue weighted by Gasteiger charge is 2.16. The van der Waals surface area contributed by atoms with Crippen LogP contribution in [0.15, 0.2) is 18.2 Å². The zero-order chi connectivity index (χ0) is 15.1. The summed E-state index contributed by atoms with van der Waals surface area (Å²) in [5.74, 6) is -0.668. The van der Waals surface area contributed by atoms with Gasteiger partial charge >= 0.3 is 5.97 Å². The molecule has 20 heavy (non-hydrogen) atoms. The molecule has 0 heterocycles. The molecule has 1 aromatic rings. The van der Waals surface area contributed by atoms with E-state index in [1.165, 1.54) is 4.90 Å². The Kier molecular flexibility index (Phi) is 6.03. The highest BCUT2D eigenvalue weighted by molar-refractivity contribution is 5.82. The Morgan fingerprint density at radius 1 is 1.30 bits per heavy atom. The third-order valence-electron chi connectivity index (χ3n) is 2.87. The van der Waals surface area contributed by atoms with Crippen LogP contribution in [0.4, 0.5) is 0 Å². The number of nitrogens with zero attached hydrogens (tertiary/aromatic N) is 1. The largest absolute Gasteiger partial charge is 0.483 e. The van der Waals surface area contributed by atoms with Crippen molar-refractivity contribution in [3.05, 3.63) is 29.3 Å². The van der Waals surface area contributed by atoms with E-state index in [0.717, 1.165) is 11.1 Å². The Morgan fingerprint density at radius 3 is 2.60 bits per heavy atom. The van der Waals surface area contributed by atoms with Crippen LogP contribution in [0.5, 0.6) is 5.75 Å². The summed E-state index contributed by atoms with van der Waals surface area (Å²) < 4.78 is 5.50. The molecule has 0 saturated carbocycles. The minimum atomic E-state index is -1.02. The Hall–Kier alpha value is -2.04. The van der Waals surface area contributed by atoms with Gasteiger partial charge < -0.3 is 14.7 Å². The van der Waals surface area contributed by atoms with Crippen LogP contribution in [-0.2, 0) is 9.59 Å². The van der Waals surface area contributed by atoms with Crippen LogP contribution < -0.4 is 4.74 Å². The average molecular weight is 279 g/mol. The highest BCUT2D eigenvalue weighted by atomic mass is 16.5. The fourth-order valence-corrected chi connectivity index (χ4v) is 1.82. The lowest BCUT2D eigenvalue weighted by molar-refractivity contribution is -0.145. The van der Waals surface area contributed by atoms with Crippen LogP contribution in [0.25, 0.3) is 0 Å². The van der Waals surface area contributed by atoms with E-state index in [4.69, 9.17) is 9.84 Å². The van der Waals surface area contributed by atoms with E-state index in [9.17, 15) is 9.59 Å². The second-order valence-electron chi connectivity index (χ2n) is 4.77. The molecule has 0 aliphatic heterocycles. The van der Waals surface area contributed by atoms with Gasteiger partial charge in [0.2, 0.25) is 0 Å². The second kappa shape index (κ2) is 7.53. The van der Waals surface area contributed by atoms with Crippen molar-refractivity contribution in [2.45, 2.75) is 27.2 Å². The van der Waals surface area contributed by atoms with Crippen LogP contribution in [0.2, 0.25) is 0 Å². The number of carboxylic acid groups (broad SMARTS) is 1. The summed E-state index contributed by atoms with van der Waals surface area (Å²) in [5, 5.41) is 8.79. The smallest absolute Gasteiger partial charge is 0.323 e. The molecule has 0 aromatic heterocycles. The normalized spacial score (nSPS) is 10.2. The molecule has 0 fully saturated rings. The number of ether oxygens (including phenoxy) is 1. The van der Waals surface area contributed by atoms with Gasteiger partial charge in [-0.1, -0.05) is 19.1 Å². The lowest BCUT2D eigenvalue weighted by atomic mass is 10.1. The summed E-state index contributed by atoms with van der Waals surface area (Å²) in [6.07, 6.45) is 0.711. The molecule has 0 spiro atoms. The molecule has 0 saturated heterocycles. The summed E-state index contributed by atoms with van der Waals surface area (Å²) >= 11 is 0. The number of carbonyl (C=O) groups excluding carboxylic acids is 1. The first-order chi connectivity index (χ1) is 9.43. The maximum Gasteiger partial charge on any atom is 0.323 e. The topological polar surface area (TPSA) is 66.8 Å². The van der Waals surface area contributed by atoms with E-state index in [-0.39, 0.29) is 19.1 Å². The quantitative estimate of drug-likeness (QED) is 0.829. The van der Waals surface area contributed by atoms with Crippen molar-refractivity contribution >= 4 is 11.9 Å². The summed E-state index contributed by atoms with van der Waals surface area (Å²) in [7, 11) is 0. The first-order valence-corrected chi connectivity index (χ1v) is 6.63. The minimum Gasteiger partial charge on any atom is -0.483 e. The molecule has 0 aliphatic rings. The van der Waals surface area contributed by atoms with E-state index in [1.807, 2.05) is 39.0 Å². The van der Waals surface area contributed by atoms with E-state index in [0.29, 0.717) is 18.7 Å². The molecule has 0 unspecified atom stereocenters. The first-order valence-electron chi connectivity index (χ1n) is 6.63. The SMILES string of the molecule is CCCN(CC(=O)O)C(=O)COc1cc(C)ccc1C. The molecule has 1 amide bonds. The van der Waals surface area contributed by atoms with Crippen LogP contribution in [0.3, 0.4) is 0 Å². The van der Waals surface area contributed by atoms with Crippen LogP contribution in [0, 0.1) is 13.8 Å². The number of carbonyl (C=O) groups is 2. The average Bonchev–Trinajstić information content (AvgIpc) is 2.38. The number of carboxylic acids is 1. The Morgan fingerprint density at radius 2 is 2.00 bits per heavy atom. The number of benzene rings is 1. The zero-order valence-corrected chi connectivity index (χ0v) is 12.2. The van der Waals surface area contributed by atoms with Gasteiger partial charge in [0.25, 0.3) is 5.91 Å². The fraction of sp³-hybridized carbons (Fsp3) is 0.467. The van der Waals surface area contributed by atoms with E-state index in [1.54, 1.807) is 0 Å². The maximum absolute atomic E-state index is 12.0. The summed E-state index contributed by atoms with van der Waals surface area (Å²) in [6, 6.07) is 5.76. The van der Waals surface area contributed by atoms with Gasteiger partial charge in [-0.25, -0.2) is 0 Å². The standard InChI is InChI=1S/C15H21NO4/c1-4-7-16(9-15(18)19)14(17)10-20-13-8-11(2)5-6-12(13)3/h5-6,8H,4,7,9-10H2,1-3H3,(H,18,19). The number of amides is 1. The Labute approximate surface area is 119 Å². The monoisotopic (exact) mass is 279 g/mol. The molecule has 1 N–H and O–H groups in total. The van der Waals surface area contributed by atoms with Crippen molar-refractivity contribution in [3.8, 4) is 5.75 Å². The Balaban J connectivity index is 2.64. The third kappa shape index (κ3) is 4.91. The third-order valence-corrected chi connectivity index (χ3v) is 2.87. The molecule has 1 rings (SSSR count).